The Morgan fingerprint density at radius 3 is 2.23 bits per heavy atom. The van der Waals surface area contributed by atoms with Crippen LogP contribution in [0.25, 0.3) is 0 Å². The number of guanidine groups is 2. The number of hydrogen-bond acceptors (Lipinski definition) is 7. The van der Waals surface area contributed by atoms with Crippen LogP contribution in [0.5, 0.6) is 0 Å². The number of rotatable bonds is 9. The molecule has 0 fully saturated rings. The third-order valence-corrected chi connectivity index (χ3v) is 2.60. The maximum absolute atomic E-state index is 11.5. The Labute approximate surface area is 128 Å². The van der Waals surface area contributed by atoms with Gasteiger partial charge in [-0.15, -0.1) is 0 Å². The first-order chi connectivity index (χ1) is 10.2. The molecule has 0 aromatic rings. The molecule has 11 nitrogen and oxygen atoms in total. The van der Waals surface area contributed by atoms with Gasteiger partial charge in [0.15, 0.2) is 18.2 Å². The zero-order valence-electron chi connectivity index (χ0n) is 12.7. The van der Waals surface area contributed by atoms with Gasteiger partial charge in [-0.25, -0.2) is 0 Å². The number of nitrogens with one attached hydrogen (secondary N) is 2. The molecule has 0 aliphatic heterocycles. The van der Waals surface area contributed by atoms with Crippen LogP contribution in [-0.4, -0.2) is 90.7 Å². The molecular formula is C11H24N6O5. The summed E-state index contributed by atoms with van der Waals surface area (Å²) in [6, 6.07) is 0. The van der Waals surface area contributed by atoms with E-state index in [1.54, 1.807) is 0 Å². The Morgan fingerprint density at radius 1 is 1.23 bits per heavy atom. The normalized spacial score (nSPS) is 13.1. The molecule has 0 heterocycles. The first-order valence-electron chi connectivity index (χ1n) is 6.37. The predicted octanol–water partition coefficient (Wildman–Crippen LogP) is -3.12. The van der Waals surface area contributed by atoms with Crippen molar-refractivity contribution in [2.24, 2.45) is 11.5 Å². The summed E-state index contributed by atoms with van der Waals surface area (Å²) >= 11 is 0. The SMILES string of the molecule is CN(CC(=O)OCC(CO)OC(O)CN(C)C(=N)N)C(=N)N. The summed E-state index contributed by atoms with van der Waals surface area (Å²) in [6.07, 6.45) is -2.24. The minimum Gasteiger partial charge on any atom is -0.462 e. The molecule has 0 aromatic carbocycles. The maximum Gasteiger partial charge on any atom is 0.325 e. The fraction of sp³-hybridized carbons (Fsp3) is 0.727. The molecule has 0 amide bonds. The molecule has 128 valence electrons. The molecule has 8 N–H and O–H groups in total. The van der Waals surface area contributed by atoms with E-state index < -0.39 is 25.0 Å². The molecule has 2 unspecified atom stereocenters. The highest BCUT2D eigenvalue weighted by molar-refractivity contribution is 5.80. The van der Waals surface area contributed by atoms with Crippen molar-refractivity contribution in [3.63, 3.8) is 0 Å². The number of carbonyl (C=O) groups excluding carboxylic acids is 1. The van der Waals surface area contributed by atoms with Gasteiger partial charge in [-0.1, -0.05) is 0 Å². The van der Waals surface area contributed by atoms with E-state index in [2.05, 4.69) is 0 Å². The van der Waals surface area contributed by atoms with E-state index in [0.717, 1.165) is 0 Å². The molecule has 0 aliphatic rings. The molecule has 0 radical (unpaired) electrons. The summed E-state index contributed by atoms with van der Waals surface area (Å²) in [6.45, 7) is -1.05. The van der Waals surface area contributed by atoms with Crippen molar-refractivity contribution < 1.29 is 24.5 Å². The van der Waals surface area contributed by atoms with Gasteiger partial charge in [0.25, 0.3) is 0 Å². The van der Waals surface area contributed by atoms with Crippen LogP contribution >= 0.6 is 0 Å². The monoisotopic (exact) mass is 320 g/mol. The van der Waals surface area contributed by atoms with Crippen molar-refractivity contribution in [2.75, 3.05) is 40.4 Å². The second-order valence-corrected chi connectivity index (χ2v) is 4.59. The molecule has 0 saturated carbocycles. The smallest absolute Gasteiger partial charge is 0.325 e. The highest BCUT2D eigenvalue weighted by atomic mass is 16.6. The van der Waals surface area contributed by atoms with E-state index in [9.17, 15) is 9.90 Å². The largest absolute Gasteiger partial charge is 0.462 e. The minimum atomic E-state index is -1.32. The summed E-state index contributed by atoms with van der Waals surface area (Å²) in [5, 5.41) is 33.0. The van der Waals surface area contributed by atoms with Crippen LogP contribution in [-0.2, 0) is 14.3 Å². The van der Waals surface area contributed by atoms with Gasteiger partial charge in [0.05, 0.1) is 13.2 Å². The number of hydrogen-bond donors (Lipinski definition) is 6. The third kappa shape index (κ3) is 8.24. The Kier molecular flexibility index (Phi) is 8.82. The zero-order valence-corrected chi connectivity index (χ0v) is 12.7. The quantitative estimate of drug-likeness (QED) is 0.111. The standard InChI is InChI=1S/C11H24N6O5/c1-16(10(12)13)3-8(19)21-6-7(5-18)22-9(20)4-17(2)11(14)15/h7,9,18,20H,3-6H2,1-2H3,(H3,12,13)(H3,14,15). The molecule has 22 heavy (non-hydrogen) atoms. The topological polar surface area (TPSA) is 182 Å². The fourth-order valence-electron chi connectivity index (χ4n) is 1.24. The van der Waals surface area contributed by atoms with Crippen LogP contribution in [0, 0.1) is 10.8 Å². The Bertz CT molecular complexity index is 393. The Balaban J connectivity index is 4.18. The molecular weight excluding hydrogens is 296 g/mol. The van der Waals surface area contributed by atoms with Gasteiger partial charge in [0, 0.05) is 14.1 Å². The second-order valence-electron chi connectivity index (χ2n) is 4.59. The van der Waals surface area contributed by atoms with Crippen molar-refractivity contribution in [3.8, 4) is 0 Å². The first-order valence-corrected chi connectivity index (χ1v) is 6.37. The Hall–Kier alpha value is -2.11. The number of esters is 1. The summed E-state index contributed by atoms with van der Waals surface area (Å²) in [5.41, 5.74) is 10.4. The first kappa shape index (κ1) is 19.9. The molecule has 0 rings (SSSR count). The third-order valence-electron chi connectivity index (χ3n) is 2.60. The second kappa shape index (κ2) is 9.76. The summed E-state index contributed by atoms with van der Waals surface area (Å²) in [5.74, 6) is -1.19. The fourth-order valence-corrected chi connectivity index (χ4v) is 1.24. The van der Waals surface area contributed by atoms with Crippen LogP contribution in [0.1, 0.15) is 0 Å². The molecule has 0 bridgehead atoms. The molecule has 0 aliphatic carbocycles. The van der Waals surface area contributed by atoms with Gasteiger partial charge in [0.2, 0.25) is 0 Å². The van der Waals surface area contributed by atoms with Crippen molar-refractivity contribution in [1.29, 1.82) is 10.8 Å². The predicted molar refractivity (Wildman–Crippen MR) is 78.0 cm³/mol. The maximum atomic E-state index is 11.5. The van der Waals surface area contributed by atoms with Gasteiger partial charge >= 0.3 is 5.97 Å². The average Bonchev–Trinajstić information content (AvgIpc) is 2.42. The summed E-state index contributed by atoms with van der Waals surface area (Å²) < 4.78 is 9.94. The molecule has 0 aromatic heterocycles. The number of aliphatic hydroxyl groups is 2. The van der Waals surface area contributed by atoms with Crippen LogP contribution in [0.3, 0.4) is 0 Å². The number of nitrogens with two attached hydrogens (primary N) is 2. The molecule has 2 atom stereocenters. The van der Waals surface area contributed by atoms with Gasteiger partial charge in [-0.05, 0) is 0 Å². The average molecular weight is 320 g/mol. The van der Waals surface area contributed by atoms with Gasteiger partial charge in [0.1, 0.15) is 19.3 Å². The van der Waals surface area contributed by atoms with Crippen LogP contribution in [0.2, 0.25) is 0 Å². The van der Waals surface area contributed by atoms with Crippen molar-refractivity contribution in [3.05, 3.63) is 0 Å². The highest BCUT2D eigenvalue weighted by Gasteiger charge is 2.18. The number of aliphatic hydroxyl groups excluding tert-OH is 2. The number of carbonyl (C=O) groups is 1. The van der Waals surface area contributed by atoms with Crippen LogP contribution in [0.15, 0.2) is 0 Å². The molecule has 0 spiro atoms. The minimum absolute atomic E-state index is 0.0765. The van der Waals surface area contributed by atoms with Gasteiger partial charge < -0.3 is 41.0 Å². The van der Waals surface area contributed by atoms with E-state index in [4.69, 9.17) is 36.9 Å². The van der Waals surface area contributed by atoms with Crippen LogP contribution in [0.4, 0.5) is 0 Å². The summed E-state index contributed by atoms with van der Waals surface area (Å²) in [4.78, 5) is 13.9. The van der Waals surface area contributed by atoms with E-state index in [0.29, 0.717) is 0 Å². The van der Waals surface area contributed by atoms with Crippen molar-refractivity contribution in [2.45, 2.75) is 12.4 Å². The lowest BCUT2D eigenvalue weighted by Gasteiger charge is -2.24. The van der Waals surface area contributed by atoms with E-state index in [-0.39, 0.29) is 31.6 Å². The van der Waals surface area contributed by atoms with E-state index in [1.165, 1.54) is 23.9 Å². The lowest BCUT2D eigenvalue weighted by Crippen LogP contribution is -2.42. The van der Waals surface area contributed by atoms with Gasteiger partial charge in [-0.3, -0.25) is 15.6 Å². The van der Waals surface area contributed by atoms with Gasteiger partial charge in [-0.2, -0.15) is 0 Å². The lowest BCUT2D eigenvalue weighted by atomic mass is 10.4. The lowest BCUT2D eigenvalue weighted by molar-refractivity contribution is -0.174. The zero-order chi connectivity index (χ0) is 17.3. The Morgan fingerprint density at radius 2 is 1.77 bits per heavy atom. The molecule has 0 saturated heterocycles. The van der Waals surface area contributed by atoms with Crippen molar-refractivity contribution in [1.82, 2.24) is 9.80 Å². The van der Waals surface area contributed by atoms with Crippen LogP contribution < -0.4 is 11.5 Å². The van der Waals surface area contributed by atoms with Crippen molar-refractivity contribution >= 4 is 17.9 Å². The number of likely N-dealkylation sites (N-methyl/N-ethyl adjacent to an activating group) is 2. The highest BCUT2D eigenvalue weighted by Crippen LogP contribution is 2.00. The molecule has 11 heteroatoms. The summed E-state index contributed by atoms with van der Waals surface area (Å²) in [7, 11) is 2.94. The number of nitrogens with zero attached hydrogens (tertiary/aromatic N) is 2. The van der Waals surface area contributed by atoms with E-state index in [1.807, 2.05) is 0 Å². The van der Waals surface area contributed by atoms with E-state index >= 15 is 0 Å². The number of ether oxygens (including phenoxy) is 2.